The van der Waals surface area contributed by atoms with Gasteiger partial charge in [-0.15, -0.1) is 0 Å². The summed E-state index contributed by atoms with van der Waals surface area (Å²) in [6.07, 6.45) is 3.89. The molecule has 0 bridgehead atoms. The van der Waals surface area contributed by atoms with Crippen molar-refractivity contribution in [3.05, 3.63) is 53.1 Å². The lowest BCUT2D eigenvalue weighted by Crippen LogP contribution is -2.13. The molecule has 0 fully saturated rings. The van der Waals surface area contributed by atoms with E-state index in [1.165, 1.54) is 12.3 Å². The first-order valence-corrected chi connectivity index (χ1v) is 6.68. The van der Waals surface area contributed by atoms with Gasteiger partial charge in [-0.1, -0.05) is 30.7 Å². The fourth-order valence-electron chi connectivity index (χ4n) is 1.87. The third kappa shape index (κ3) is 3.75. The van der Waals surface area contributed by atoms with E-state index in [4.69, 9.17) is 11.6 Å². The van der Waals surface area contributed by atoms with E-state index in [2.05, 4.69) is 17.2 Å². The fraction of sp³-hybridized carbons (Fsp3) is 0.267. The molecule has 0 aliphatic rings. The van der Waals surface area contributed by atoms with Crippen molar-refractivity contribution < 1.29 is 4.39 Å². The van der Waals surface area contributed by atoms with Crippen molar-refractivity contribution in [2.45, 2.75) is 19.9 Å². The summed E-state index contributed by atoms with van der Waals surface area (Å²) in [6.45, 7) is 3.89. The zero-order valence-corrected chi connectivity index (χ0v) is 11.5. The average Bonchev–Trinajstić information content (AvgIpc) is 2.39. The van der Waals surface area contributed by atoms with Gasteiger partial charge in [0, 0.05) is 28.9 Å². The van der Waals surface area contributed by atoms with Gasteiger partial charge in [-0.3, -0.25) is 4.98 Å². The predicted octanol–water partition coefficient (Wildman–Crippen LogP) is 4.04. The number of hydrogen-bond acceptors (Lipinski definition) is 2. The molecule has 0 aliphatic heterocycles. The Kier molecular flexibility index (Phi) is 4.88. The zero-order chi connectivity index (χ0) is 13.7. The van der Waals surface area contributed by atoms with Crippen LogP contribution in [0.15, 0.2) is 36.7 Å². The maximum absolute atomic E-state index is 13.2. The van der Waals surface area contributed by atoms with Gasteiger partial charge < -0.3 is 5.32 Å². The molecular formula is C15H16ClFN2. The lowest BCUT2D eigenvalue weighted by molar-refractivity contribution is 0.622. The van der Waals surface area contributed by atoms with Crippen molar-refractivity contribution >= 4 is 11.6 Å². The molecule has 4 heteroatoms. The Morgan fingerprint density at radius 2 is 2.11 bits per heavy atom. The molecule has 0 radical (unpaired) electrons. The first-order chi connectivity index (χ1) is 9.20. The molecule has 100 valence electrons. The van der Waals surface area contributed by atoms with Crippen LogP contribution in [0.5, 0.6) is 0 Å². The number of benzene rings is 1. The number of hydrogen-bond donors (Lipinski definition) is 1. The van der Waals surface area contributed by atoms with Gasteiger partial charge in [0.05, 0.1) is 6.20 Å². The van der Waals surface area contributed by atoms with Gasteiger partial charge in [-0.05, 0) is 30.7 Å². The molecule has 1 N–H and O–H groups in total. The van der Waals surface area contributed by atoms with Gasteiger partial charge in [-0.2, -0.15) is 0 Å². The van der Waals surface area contributed by atoms with E-state index in [1.54, 1.807) is 6.20 Å². The molecule has 1 aromatic heterocycles. The van der Waals surface area contributed by atoms with Crippen LogP contribution in [0.4, 0.5) is 4.39 Å². The molecule has 0 saturated heterocycles. The van der Waals surface area contributed by atoms with E-state index in [0.717, 1.165) is 30.6 Å². The van der Waals surface area contributed by atoms with Crippen LogP contribution >= 0.6 is 11.6 Å². The van der Waals surface area contributed by atoms with Crippen LogP contribution in [-0.4, -0.2) is 11.5 Å². The van der Waals surface area contributed by atoms with Gasteiger partial charge in [0.15, 0.2) is 0 Å². The Hall–Kier alpha value is -1.45. The first-order valence-electron chi connectivity index (χ1n) is 6.30. The third-order valence-electron chi connectivity index (χ3n) is 2.81. The fourth-order valence-corrected chi connectivity index (χ4v) is 2.18. The Morgan fingerprint density at radius 1 is 1.26 bits per heavy atom. The Morgan fingerprint density at radius 3 is 2.79 bits per heavy atom. The summed E-state index contributed by atoms with van der Waals surface area (Å²) >= 11 is 6.25. The minimum atomic E-state index is -0.359. The number of halogens is 2. The maximum Gasteiger partial charge on any atom is 0.142 e. The minimum Gasteiger partial charge on any atom is -0.313 e. The summed E-state index contributed by atoms with van der Waals surface area (Å²) in [5.74, 6) is -0.359. The predicted molar refractivity (Wildman–Crippen MR) is 76.6 cm³/mol. The summed E-state index contributed by atoms with van der Waals surface area (Å²) < 4.78 is 13.2. The SMILES string of the molecule is CCCNCc1ccc(-c2cncc(F)c2)c(Cl)c1. The molecule has 2 nitrogen and oxygen atoms in total. The Bertz CT molecular complexity index is 558. The van der Waals surface area contributed by atoms with E-state index < -0.39 is 0 Å². The van der Waals surface area contributed by atoms with Gasteiger partial charge in [0.1, 0.15) is 5.82 Å². The van der Waals surface area contributed by atoms with Crippen molar-refractivity contribution in [2.75, 3.05) is 6.54 Å². The van der Waals surface area contributed by atoms with Crippen LogP contribution in [0, 0.1) is 5.82 Å². The molecule has 1 aromatic carbocycles. The van der Waals surface area contributed by atoms with Gasteiger partial charge >= 0.3 is 0 Å². The van der Waals surface area contributed by atoms with E-state index in [-0.39, 0.29) is 5.82 Å². The molecule has 1 heterocycles. The van der Waals surface area contributed by atoms with E-state index in [9.17, 15) is 4.39 Å². The summed E-state index contributed by atoms with van der Waals surface area (Å²) in [5.41, 5.74) is 2.61. The van der Waals surface area contributed by atoms with Crippen molar-refractivity contribution in [3.8, 4) is 11.1 Å². The van der Waals surface area contributed by atoms with Crippen molar-refractivity contribution in [1.29, 1.82) is 0 Å². The van der Waals surface area contributed by atoms with Crippen LogP contribution < -0.4 is 5.32 Å². The van der Waals surface area contributed by atoms with Crippen LogP contribution in [0.3, 0.4) is 0 Å². The highest BCUT2D eigenvalue weighted by molar-refractivity contribution is 6.33. The van der Waals surface area contributed by atoms with E-state index in [1.807, 2.05) is 18.2 Å². The second-order valence-electron chi connectivity index (χ2n) is 4.38. The Labute approximate surface area is 117 Å². The smallest absolute Gasteiger partial charge is 0.142 e. The van der Waals surface area contributed by atoms with Gasteiger partial charge in [0.2, 0.25) is 0 Å². The maximum atomic E-state index is 13.2. The molecule has 0 unspecified atom stereocenters. The normalized spacial score (nSPS) is 10.7. The minimum absolute atomic E-state index is 0.359. The molecule has 0 atom stereocenters. The van der Waals surface area contributed by atoms with Crippen molar-refractivity contribution in [2.24, 2.45) is 0 Å². The molecule has 19 heavy (non-hydrogen) atoms. The van der Waals surface area contributed by atoms with Crippen LogP contribution in [0.2, 0.25) is 5.02 Å². The van der Waals surface area contributed by atoms with E-state index in [0.29, 0.717) is 10.6 Å². The molecule has 2 rings (SSSR count). The number of pyridine rings is 1. The molecule has 0 aliphatic carbocycles. The zero-order valence-electron chi connectivity index (χ0n) is 10.8. The molecule has 2 aromatic rings. The van der Waals surface area contributed by atoms with Gasteiger partial charge in [-0.25, -0.2) is 4.39 Å². The number of aromatic nitrogens is 1. The second-order valence-corrected chi connectivity index (χ2v) is 4.79. The molecule has 0 spiro atoms. The average molecular weight is 279 g/mol. The highest BCUT2D eigenvalue weighted by atomic mass is 35.5. The topological polar surface area (TPSA) is 24.9 Å². The van der Waals surface area contributed by atoms with Crippen molar-refractivity contribution in [3.63, 3.8) is 0 Å². The highest BCUT2D eigenvalue weighted by Gasteiger charge is 2.06. The lowest BCUT2D eigenvalue weighted by Gasteiger charge is -2.08. The standard InChI is InChI=1S/C15H16ClFN2/c1-2-5-18-8-11-3-4-14(15(16)6-11)12-7-13(17)10-19-9-12/h3-4,6-7,9-10,18H,2,5,8H2,1H3. The third-order valence-corrected chi connectivity index (χ3v) is 3.12. The van der Waals surface area contributed by atoms with Gasteiger partial charge in [0.25, 0.3) is 0 Å². The second kappa shape index (κ2) is 6.64. The van der Waals surface area contributed by atoms with Crippen LogP contribution in [-0.2, 0) is 6.54 Å². The summed E-state index contributed by atoms with van der Waals surface area (Å²) in [4.78, 5) is 3.84. The summed E-state index contributed by atoms with van der Waals surface area (Å²) in [5, 5.41) is 3.93. The number of nitrogens with zero attached hydrogens (tertiary/aromatic N) is 1. The quantitative estimate of drug-likeness (QED) is 0.835. The number of rotatable bonds is 5. The molecule has 0 saturated carbocycles. The number of nitrogens with one attached hydrogen (secondary N) is 1. The van der Waals surface area contributed by atoms with Crippen LogP contribution in [0.1, 0.15) is 18.9 Å². The first kappa shape index (κ1) is 14.0. The van der Waals surface area contributed by atoms with E-state index >= 15 is 0 Å². The lowest BCUT2D eigenvalue weighted by atomic mass is 10.1. The van der Waals surface area contributed by atoms with Crippen LogP contribution in [0.25, 0.3) is 11.1 Å². The molecular weight excluding hydrogens is 263 g/mol. The summed E-state index contributed by atoms with van der Waals surface area (Å²) in [7, 11) is 0. The largest absolute Gasteiger partial charge is 0.313 e. The summed E-state index contributed by atoms with van der Waals surface area (Å²) in [6, 6.07) is 7.24. The monoisotopic (exact) mass is 278 g/mol. The highest BCUT2D eigenvalue weighted by Crippen LogP contribution is 2.28. The molecule has 0 amide bonds. The van der Waals surface area contributed by atoms with Crippen molar-refractivity contribution in [1.82, 2.24) is 10.3 Å². The Balaban J connectivity index is 2.19.